The Morgan fingerprint density at radius 2 is 1.96 bits per heavy atom. The van der Waals surface area contributed by atoms with Crippen LogP contribution in [0.25, 0.3) is 20.9 Å². The summed E-state index contributed by atoms with van der Waals surface area (Å²) in [4.78, 5) is 12.9. The molecule has 0 unspecified atom stereocenters. The third kappa shape index (κ3) is 3.27. The van der Waals surface area contributed by atoms with Gasteiger partial charge in [0.25, 0.3) is 5.91 Å². The highest BCUT2D eigenvalue weighted by molar-refractivity contribution is 7.21. The van der Waals surface area contributed by atoms with Crippen molar-refractivity contribution in [1.29, 1.82) is 0 Å². The number of fused-ring (bicyclic) bond motifs is 2. The molecule has 27 heavy (non-hydrogen) atoms. The molecule has 0 bridgehead atoms. The summed E-state index contributed by atoms with van der Waals surface area (Å²) in [5.74, 6) is -0.253. The molecule has 0 spiro atoms. The van der Waals surface area contributed by atoms with Crippen molar-refractivity contribution in [2.75, 3.05) is 0 Å². The van der Waals surface area contributed by atoms with E-state index in [0.29, 0.717) is 15.5 Å². The molecule has 2 N–H and O–H groups in total. The van der Waals surface area contributed by atoms with Crippen molar-refractivity contribution >= 4 is 55.9 Å². The maximum Gasteiger partial charge on any atom is 0.283 e. The molecule has 0 atom stereocenters. The van der Waals surface area contributed by atoms with Gasteiger partial charge in [0, 0.05) is 21.0 Å². The number of aromatic hydroxyl groups is 1. The Kier molecular flexibility index (Phi) is 4.56. The van der Waals surface area contributed by atoms with Crippen LogP contribution in [0.2, 0.25) is 5.02 Å². The van der Waals surface area contributed by atoms with Crippen molar-refractivity contribution in [1.82, 2.24) is 5.43 Å². The molecule has 1 heterocycles. The number of hydrogen-bond donors (Lipinski definition) is 2. The predicted molar refractivity (Wildman–Crippen MR) is 112 cm³/mol. The van der Waals surface area contributed by atoms with Crippen LogP contribution in [0.1, 0.15) is 20.8 Å². The highest BCUT2D eigenvalue weighted by Crippen LogP contribution is 2.35. The van der Waals surface area contributed by atoms with Gasteiger partial charge in [-0.3, -0.25) is 4.79 Å². The van der Waals surface area contributed by atoms with E-state index in [1.807, 2.05) is 55.5 Å². The standard InChI is InChI=1S/C21H15ClN2O2S/c1-12-6-9-16-17(10-12)27-20(18(16)22)21(26)24-23-11-14-8-7-13-4-2-3-5-15(13)19(14)25/h2-11,25H,1H3,(H,24,26)/b23-11+. The van der Waals surface area contributed by atoms with Crippen molar-refractivity contribution in [2.45, 2.75) is 6.92 Å². The molecule has 1 aromatic heterocycles. The zero-order valence-electron chi connectivity index (χ0n) is 14.4. The number of rotatable bonds is 3. The number of halogens is 1. The molecule has 0 fully saturated rings. The fraction of sp³-hybridized carbons (Fsp3) is 0.0476. The first-order valence-electron chi connectivity index (χ1n) is 8.27. The minimum atomic E-state index is -0.379. The molecule has 6 heteroatoms. The number of carbonyl (C=O) groups is 1. The van der Waals surface area contributed by atoms with Crippen LogP contribution >= 0.6 is 22.9 Å². The highest BCUT2D eigenvalue weighted by Gasteiger charge is 2.16. The quantitative estimate of drug-likeness (QED) is 0.356. The van der Waals surface area contributed by atoms with Gasteiger partial charge in [0.05, 0.1) is 11.2 Å². The number of benzene rings is 3. The Morgan fingerprint density at radius 1 is 1.15 bits per heavy atom. The van der Waals surface area contributed by atoms with Crippen LogP contribution in [0.3, 0.4) is 0 Å². The zero-order valence-corrected chi connectivity index (χ0v) is 15.9. The molecule has 1 amide bonds. The Labute approximate surface area is 164 Å². The summed E-state index contributed by atoms with van der Waals surface area (Å²) in [5.41, 5.74) is 4.11. The number of carbonyl (C=O) groups excluding carboxylic acids is 1. The summed E-state index contributed by atoms with van der Waals surface area (Å²) < 4.78 is 0.960. The number of nitrogens with zero attached hydrogens (tertiary/aromatic N) is 1. The highest BCUT2D eigenvalue weighted by atomic mass is 35.5. The Morgan fingerprint density at radius 3 is 2.81 bits per heavy atom. The second-order valence-electron chi connectivity index (χ2n) is 6.17. The summed E-state index contributed by atoms with van der Waals surface area (Å²) in [6.45, 7) is 1.99. The van der Waals surface area contributed by atoms with E-state index in [9.17, 15) is 9.90 Å². The van der Waals surface area contributed by atoms with Gasteiger partial charge in [-0.1, -0.05) is 54.1 Å². The Hall–Kier alpha value is -2.89. The maximum absolute atomic E-state index is 12.4. The predicted octanol–water partition coefficient (Wildman–Crippen LogP) is 5.49. The number of amides is 1. The minimum Gasteiger partial charge on any atom is -0.507 e. The van der Waals surface area contributed by atoms with Crippen LogP contribution in [0.5, 0.6) is 5.75 Å². The van der Waals surface area contributed by atoms with Crippen LogP contribution < -0.4 is 5.43 Å². The molecule has 134 valence electrons. The fourth-order valence-electron chi connectivity index (χ4n) is 2.91. The van der Waals surface area contributed by atoms with Gasteiger partial charge in [0.15, 0.2) is 0 Å². The summed E-state index contributed by atoms with van der Waals surface area (Å²) in [6, 6.07) is 17.0. The second kappa shape index (κ2) is 7.02. The maximum atomic E-state index is 12.4. The monoisotopic (exact) mass is 394 g/mol. The largest absolute Gasteiger partial charge is 0.507 e. The molecular formula is C21H15ClN2O2S. The normalized spacial score (nSPS) is 11.5. The number of thiophene rings is 1. The van der Waals surface area contributed by atoms with E-state index in [1.165, 1.54) is 17.6 Å². The third-order valence-electron chi connectivity index (χ3n) is 4.29. The van der Waals surface area contributed by atoms with Gasteiger partial charge >= 0.3 is 0 Å². The van der Waals surface area contributed by atoms with E-state index in [0.717, 1.165) is 26.4 Å². The van der Waals surface area contributed by atoms with Crippen molar-refractivity contribution < 1.29 is 9.90 Å². The van der Waals surface area contributed by atoms with Crippen LogP contribution in [-0.2, 0) is 0 Å². The topological polar surface area (TPSA) is 61.7 Å². The lowest BCUT2D eigenvalue weighted by Crippen LogP contribution is -2.16. The smallest absolute Gasteiger partial charge is 0.283 e. The van der Waals surface area contributed by atoms with Gasteiger partial charge in [-0.05, 0) is 30.0 Å². The Balaban J connectivity index is 1.58. The van der Waals surface area contributed by atoms with Gasteiger partial charge in [0.1, 0.15) is 10.6 Å². The molecule has 4 aromatic rings. The lowest BCUT2D eigenvalue weighted by Gasteiger charge is -2.04. The zero-order chi connectivity index (χ0) is 19.0. The molecule has 0 aliphatic carbocycles. The van der Waals surface area contributed by atoms with E-state index in [-0.39, 0.29) is 11.7 Å². The summed E-state index contributed by atoms with van der Waals surface area (Å²) >= 11 is 7.68. The molecule has 3 aromatic carbocycles. The first-order valence-corrected chi connectivity index (χ1v) is 9.47. The van der Waals surface area contributed by atoms with Gasteiger partial charge in [-0.25, -0.2) is 5.43 Å². The number of hydrazone groups is 1. The molecule has 4 rings (SSSR count). The summed E-state index contributed by atoms with van der Waals surface area (Å²) in [5, 5.41) is 17.3. The SMILES string of the molecule is Cc1ccc2c(Cl)c(C(=O)N/N=C/c3ccc4ccccc4c3O)sc2c1. The second-order valence-corrected chi connectivity index (χ2v) is 7.60. The Bertz CT molecular complexity index is 1210. The van der Waals surface area contributed by atoms with Crippen molar-refractivity contribution in [2.24, 2.45) is 5.10 Å². The molecule has 0 aliphatic heterocycles. The van der Waals surface area contributed by atoms with Crippen LogP contribution in [-0.4, -0.2) is 17.2 Å². The molecular weight excluding hydrogens is 380 g/mol. The number of aryl methyl sites for hydroxylation is 1. The number of nitrogens with one attached hydrogen (secondary N) is 1. The first-order chi connectivity index (χ1) is 13.0. The number of hydrogen-bond acceptors (Lipinski definition) is 4. The summed E-state index contributed by atoms with van der Waals surface area (Å²) in [7, 11) is 0. The fourth-order valence-corrected chi connectivity index (χ4v) is 4.41. The molecule has 4 nitrogen and oxygen atoms in total. The van der Waals surface area contributed by atoms with Crippen LogP contribution in [0.4, 0.5) is 0 Å². The van der Waals surface area contributed by atoms with Crippen LogP contribution in [0, 0.1) is 6.92 Å². The van der Waals surface area contributed by atoms with E-state index in [4.69, 9.17) is 11.6 Å². The van der Waals surface area contributed by atoms with Gasteiger partial charge in [0.2, 0.25) is 0 Å². The van der Waals surface area contributed by atoms with E-state index < -0.39 is 0 Å². The third-order valence-corrected chi connectivity index (χ3v) is 5.95. The van der Waals surface area contributed by atoms with Crippen molar-refractivity contribution in [3.8, 4) is 5.75 Å². The van der Waals surface area contributed by atoms with Gasteiger partial charge in [-0.15, -0.1) is 11.3 Å². The van der Waals surface area contributed by atoms with E-state index in [2.05, 4.69) is 10.5 Å². The first kappa shape index (κ1) is 17.5. The number of phenols is 1. The van der Waals surface area contributed by atoms with Crippen molar-refractivity contribution in [3.05, 3.63) is 75.6 Å². The van der Waals surface area contributed by atoms with Gasteiger partial charge < -0.3 is 5.11 Å². The van der Waals surface area contributed by atoms with Crippen molar-refractivity contribution in [3.63, 3.8) is 0 Å². The lowest BCUT2D eigenvalue weighted by molar-refractivity contribution is 0.0959. The lowest BCUT2D eigenvalue weighted by atomic mass is 10.1. The average Bonchev–Trinajstić information content (AvgIpc) is 2.99. The average molecular weight is 395 g/mol. The molecule has 0 saturated heterocycles. The number of phenolic OH excluding ortho intramolecular Hbond substituents is 1. The van der Waals surface area contributed by atoms with E-state index >= 15 is 0 Å². The molecule has 0 radical (unpaired) electrons. The molecule has 0 saturated carbocycles. The minimum absolute atomic E-state index is 0.126. The van der Waals surface area contributed by atoms with Gasteiger partial charge in [-0.2, -0.15) is 5.10 Å². The van der Waals surface area contributed by atoms with E-state index in [1.54, 1.807) is 6.07 Å². The molecule has 0 aliphatic rings. The van der Waals surface area contributed by atoms with Crippen LogP contribution in [0.15, 0.2) is 59.7 Å². The summed E-state index contributed by atoms with van der Waals surface area (Å²) in [6.07, 6.45) is 1.42.